The van der Waals surface area contributed by atoms with Gasteiger partial charge in [-0.25, -0.2) is 4.39 Å². The fourth-order valence-electron chi connectivity index (χ4n) is 3.20. The number of nitrogens with zero attached hydrogens (tertiary/aromatic N) is 2. The van der Waals surface area contributed by atoms with Gasteiger partial charge in [-0.15, -0.1) is 11.3 Å². The van der Waals surface area contributed by atoms with Crippen LogP contribution in [0.15, 0.2) is 54.6 Å². The monoisotopic (exact) mass is 354 g/mol. The number of amides is 1. The van der Waals surface area contributed by atoms with Crippen molar-refractivity contribution in [3.63, 3.8) is 0 Å². The molecule has 2 aromatic carbocycles. The van der Waals surface area contributed by atoms with E-state index in [0.29, 0.717) is 0 Å². The van der Waals surface area contributed by atoms with Crippen molar-refractivity contribution >= 4 is 27.3 Å². The Balaban J connectivity index is 1.37. The van der Waals surface area contributed by atoms with E-state index in [1.165, 1.54) is 12.1 Å². The van der Waals surface area contributed by atoms with Gasteiger partial charge < -0.3 is 4.90 Å². The molecule has 0 aliphatic carbocycles. The fourth-order valence-corrected chi connectivity index (χ4v) is 4.23. The van der Waals surface area contributed by atoms with Crippen molar-refractivity contribution in [1.29, 1.82) is 0 Å². The molecule has 1 amide bonds. The van der Waals surface area contributed by atoms with Crippen molar-refractivity contribution in [1.82, 2.24) is 9.80 Å². The van der Waals surface area contributed by atoms with E-state index in [4.69, 9.17) is 0 Å². The SMILES string of the molecule is O=C(c1cc2ccccc2s1)N1CCN(Cc2ccc(F)cc2)CC1. The highest BCUT2D eigenvalue weighted by molar-refractivity contribution is 7.20. The number of benzene rings is 2. The van der Waals surface area contributed by atoms with Gasteiger partial charge in [0.2, 0.25) is 0 Å². The molecule has 3 nitrogen and oxygen atoms in total. The highest BCUT2D eigenvalue weighted by atomic mass is 32.1. The Morgan fingerprint density at radius 2 is 1.72 bits per heavy atom. The number of rotatable bonds is 3. The molecule has 0 saturated carbocycles. The summed E-state index contributed by atoms with van der Waals surface area (Å²) in [5, 5.41) is 1.13. The molecule has 1 saturated heterocycles. The molecule has 2 heterocycles. The summed E-state index contributed by atoms with van der Waals surface area (Å²) in [6.07, 6.45) is 0. The van der Waals surface area contributed by atoms with Crippen LogP contribution in [-0.4, -0.2) is 41.9 Å². The second kappa shape index (κ2) is 6.94. The average molecular weight is 354 g/mol. The van der Waals surface area contributed by atoms with Crippen molar-refractivity contribution in [2.24, 2.45) is 0 Å². The Morgan fingerprint density at radius 3 is 2.44 bits per heavy atom. The molecule has 1 fully saturated rings. The first-order valence-electron chi connectivity index (χ1n) is 8.44. The van der Waals surface area contributed by atoms with Crippen LogP contribution >= 0.6 is 11.3 Å². The summed E-state index contributed by atoms with van der Waals surface area (Å²) in [5.74, 6) is -0.0786. The van der Waals surface area contributed by atoms with Crippen LogP contribution in [0.1, 0.15) is 15.2 Å². The summed E-state index contributed by atoms with van der Waals surface area (Å²) < 4.78 is 14.1. The predicted molar refractivity (Wildman–Crippen MR) is 99.4 cm³/mol. The molecule has 128 valence electrons. The third-order valence-electron chi connectivity index (χ3n) is 4.62. The summed E-state index contributed by atoms with van der Waals surface area (Å²) in [6.45, 7) is 3.94. The molecule has 0 spiro atoms. The van der Waals surface area contributed by atoms with Crippen LogP contribution in [0.3, 0.4) is 0 Å². The lowest BCUT2D eigenvalue weighted by atomic mass is 10.2. The lowest BCUT2D eigenvalue weighted by Gasteiger charge is -2.34. The van der Waals surface area contributed by atoms with Crippen LogP contribution in [0.4, 0.5) is 4.39 Å². The molecule has 1 aliphatic rings. The number of piperazine rings is 1. The largest absolute Gasteiger partial charge is 0.335 e. The van der Waals surface area contributed by atoms with Crippen LogP contribution in [0.2, 0.25) is 0 Å². The summed E-state index contributed by atoms with van der Waals surface area (Å²) in [4.78, 5) is 17.8. The summed E-state index contributed by atoms with van der Waals surface area (Å²) in [5.41, 5.74) is 1.10. The van der Waals surface area contributed by atoms with E-state index < -0.39 is 0 Å². The molecule has 3 aromatic rings. The maximum absolute atomic E-state index is 13.0. The smallest absolute Gasteiger partial charge is 0.264 e. The fraction of sp³-hybridized carbons (Fsp3) is 0.250. The van der Waals surface area contributed by atoms with Gasteiger partial charge in [0.25, 0.3) is 5.91 Å². The molecule has 0 unspecified atom stereocenters. The van der Waals surface area contributed by atoms with Crippen LogP contribution in [0.5, 0.6) is 0 Å². The molecule has 5 heteroatoms. The Kier molecular flexibility index (Phi) is 4.51. The van der Waals surface area contributed by atoms with Crippen molar-refractivity contribution in [3.05, 3.63) is 70.9 Å². The first-order chi connectivity index (χ1) is 12.2. The summed E-state index contributed by atoms with van der Waals surface area (Å²) in [7, 11) is 0. The first kappa shape index (κ1) is 16.2. The van der Waals surface area contributed by atoms with Gasteiger partial charge in [-0.3, -0.25) is 9.69 Å². The van der Waals surface area contributed by atoms with Gasteiger partial charge >= 0.3 is 0 Å². The molecular weight excluding hydrogens is 335 g/mol. The van der Waals surface area contributed by atoms with Crippen molar-refractivity contribution in [2.45, 2.75) is 6.54 Å². The zero-order valence-electron chi connectivity index (χ0n) is 13.8. The van der Waals surface area contributed by atoms with Crippen LogP contribution in [0, 0.1) is 5.82 Å². The van der Waals surface area contributed by atoms with Gasteiger partial charge in [-0.1, -0.05) is 30.3 Å². The van der Waals surface area contributed by atoms with Gasteiger partial charge in [-0.2, -0.15) is 0 Å². The maximum atomic E-state index is 13.0. The van der Waals surface area contributed by atoms with Gasteiger partial charge in [0, 0.05) is 37.4 Å². The number of carbonyl (C=O) groups excluding carboxylic acids is 1. The van der Waals surface area contributed by atoms with Crippen molar-refractivity contribution in [2.75, 3.05) is 26.2 Å². The molecule has 0 bridgehead atoms. The number of halogens is 1. The van der Waals surface area contributed by atoms with Gasteiger partial charge in [0.15, 0.2) is 0 Å². The topological polar surface area (TPSA) is 23.6 Å². The zero-order chi connectivity index (χ0) is 17.2. The molecular formula is C20H19FN2OS. The zero-order valence-corrected chi connectivity index (χ0v) is 14.6. The Hall–Kier alpha value is -2.24. The molecule has 0 atom stereocenters. The first-order valence-corrected chi connectivity index (χ1v) is 9.25. The highest BCUT2D eigenvalue weighted by Gasteiger charge is 2.23. The maximum Gasteiger partial charge on any atom is 0.264 e. The normalized spacial score (nSPS) is 15.6. The number of fused-ring (bicyclic) bond motifs is 1. The number of carbonyl (C=O) groups is 1. The van der Waals surface area contributed by atoms with E-state index >= 15 is 0 Å². The van der Waals surface area contributed by atoms with Gasteiger partial charge in [-0.05, 0) is 35.2 Å². The van der Waals surface area contributed by atoms with E-state index in [2.05, 4.69) is 11.0 Å². The Bertz CT molecular complexity index is 849. The van der Waals surface area contributed by atoms with E-state index in [1.54, 1.807) is 11.3 Å². The second-order valence-corrected chi connectivity index (χ2v) is 7.43. The standard InChI is InChI=1S/C20H19FN2OS/c21-17-7-5-15(6-8-17)14-22-9-11-23(12-10-22)20(24)19-13-16-3-1-2-4-18(16)25-19/h1-8,13H,9-12,14H2. The molecule has 0 N–H and O–H groups in total. The Morgan fingerprint density at radius 1 is 1.00 bits per heavy atom. The second-order valence-electron chi connectivity index (χ2n) is 6.34. The molecule has 0 radical (unpaired) electrons. The summed E-state index contributed by atoms with van der Waals surface area (Å²) >= 11 is 1.56. The van der Waals surface area contributed by atoms with Gasteiger partial charge in [0.05, 0.1) is 4.88 Å². The van der Waals surface area contributed by atoms with E-state index in [-0.39, 0.29) is 11.7 Å². The van der Waals surface area contributed by atoms with Gasteiger partial charge in [0.1, 0.15) is 5.82 Å². The minimum atomic E-state index is -0.206. The minimum Gasteiger partial charge on any atom is -0.335 e. The third kappa shape index (κ3) is 3.57. The van der Waals surface area contributed by atoms with Crippen LogP contribution < -0.4 is 0 Å². The van der Waals surface area contributed by atoms with Crippen molar-refractivity contribution < 1.29 is 9.18 Å². The number of hydrogen-bond donors (Lipinski definition) is 0. The molecule has 4 rings (SSSR count). The van der Waals surface area contributed by atoms with Crippen molar-refractivity contribution in [3.8, 4) is 0 Å². The number of hydrogen-bond acceptors (Lipinski definition) is 3. The lowest BCUT2D eigenvalue weighted by molar-refractivity contribution is 0.0633. The predicted octanol–water partition coefficient (Wildman–Crippen LogP) is 4.00. The Labute approximate surface area is 150 Å². The average Bonchev–Trinajstić information content (AvgIpc) is 3.08. The molecule has 1 aromatic heterocycles. The van der Waals surface area contributed by atoms with Crippen LogP contribution in [-0.2, 0) is 6.54 Å². The number of thiophene rings is 1. The lowest BCUT2D eigenvalue weighted by Crippen LogP contribution is -2.48. The third-order valence-corrected chi connectivity index (χ3v) is 5.72. The quantitative estimate of drug-likeness (QED) is 0.710. The van der Waals surface area contributed by atoms with E-state index in [9.17, 15) is 9.18 Å². The molecule has 25 heavy (non-hydrogen) atoms. The van der Waals surface area contributed by atoms with E-state index in [1.807, 2.05) is 41.3 Å². The minimum absolute atomic E-state index is 0.127. The highest BCUT2D eigenvalue weighted by Crippen LogP contribution is 2.26. The van der Waals surface area contributed by atoms with Crippen LogP contribution in [0.25, 0.3) is 10.1 Å². The summed E-state index contributed by atoms with van der Waals surface area (Å²) in [6, 6.07) is 16.7. The molecule has 1 aliphatic heterocycles. The van der Waals surface area contributed by atoms with E-state index in [0.717, 1.165) is 53.3 Å².